The molecule has 0 bridgehead atoms. The molecule has 0 heterocycles. The maximum Gasteiger partial charge on any atom is 0.407 e. The molecule has 0 aromatic heterocycles. The van der Waals surface area contributed by atoms with E-state index in [0.29, 0.717) is 18.8 Å². The summed E-state index contributed by atoms with van der Waals surface area (Å²) < 4.78 is 10.3. The molecule has 1 rings (SSSR count). The lowest BCUT2D eigenvalue weighted by Crippen LogP contribution is -2.35. The Kier molecular flexibility index (Phi) is 5.49. The molecule has 0 aliphatic heterocycles. The van der Waals surface area contributed by atoms with E-state index in [1.165, 1.54) is 0 Å². The van der Waals surface area contributed by atoms with Crippen molar-refractivity contribution in [2.75, 3.05) is 31.2 Å². The second kappa shape index (κ2) is 6.88. The minimum atomic E-state index is -0.491. The Morgan fingerprint density at radius 3 is 2.60 bits per heavy atom. The van der Waals surface area contributed by atoms with Crippen LogP contribution in [-0.4, -0.2) is 31.9 Å². The van der Waals surface area contributed by atoms with Gasteiger partial charge in [-0.3, -0.25) is 0 Å². The van der Waals surface area contributed by atoms with Crippen molar-refractivity contribution in [2.45, 2.75) is 26.4 Å². The second-order valence-corrected chi connectivity index (χ2v) is 5.31. The van der Waals surface area contributed by atoms with E-state index in [1.54, 1.807) is 19.2 Å². The first kappa shape index (κ1) is 15.9. The average Bonchev–Trinajstić information content (AvgIpc) is 2.34. The third kappa shape index (κ3) is 5.69. The van der Waals surface area contributed by atoms with Crippen molar-refractivity contribution in [3.63, 3.8) is 0 Å². The van der Waals surface area contributed by atoms with Crippen molar-refractivity contribution in [1.29, 1.82) is 0 Å². The standard InChI is InChI=1S/C14H23N3O3/c1-14(2,3)20-13(18)17-8-7-16-12-9-10(19-4)5-6-11(12)15/h5-6,9,16H,7-8,15H2,1-4H3,(H,17,18). The lowest BCUT2D eigenvalue weighted by atomic mass is 10.2. The van der Waals surface area contributed by atoms with E-state index in [0.717, 1.165) is 11.4 Å². The summed E-state index contributed by atoms with van der Waals surface area (Å²) in [5, 5.41) is 5.79. The minimum Gasteiger partial charge on any atom is -0.497 e. The number of carbonyl (C=O) groups is 1. The second-order valence-electron chi connectivity index (χ2n) is 5.31. The van der Waals surface area contributed by atoms with Gasteiger partial charge in [0.15, 0.2) is 0 Å². The van der Waals surface area contributed by atoms with Crippen molar-refractivity contribution in [3.05, 3.63) is 18.2 Å². The number of amides is 1. The molecule has 0 saturated heterocycles. The van der Waals surface area contributed by atoms with Gasteiger partial charge in [0, 0.05) is 19.2 Å². The summed E-state index contributed by atoms with van der Waals surface area (Å²) in [5.74, 6) is 0.724. The average molecular weight is 281 g/mol. The van der Waals surface area contributed by atoms with Gasteiger partial charge in [-0.2, -0.15) is 0 Å². The Hall–Kier alpha value is -2.11. The predicted octanol–water partition coefficient (Wildman–Crippen LogP) is 2.21. The van der Waals surface area contributed by atoms with Crippen molar-refractivity contribution < 1.29 is 14.3 Å². The van der Waals surface area contributed by atoms with Gasteiger partial charge in [0.2, 0.25) is 0 Å². The number of methoxy groups -OCH3 is 1. The van der Waals surface area contributed by atoms with E-state index in [4.69, 9.17) is 15.2 Å². The fourth-order valence-corrected chi connectivity index (χ4v) is 1.49. The number of anilines is 2. The molecular weight excluding hydrogens is 258 g/mol. The van der Waals surface area contributed by atoms with Crippen LogP contribution >= 0.6 is 0 Å². The van der Waals surface area contributed by atoms with Gasteiger partial charge in [-0.25, -0.2) is 4.79 Å². The molecule has 0 aliphatic carbocycles. The highest BCUT2D eigenvalue weighted by Gasteiger charge is 2.15. The first-order valence-corrected chi connectivity index (χ1v) is 6.46. The lowest BCUT2D eigenvalue weighted by molar-refractivity contribution is 0.0530. The summed E-state index contributed by atoms with van der Waals surface area (Å²) in [5.41, 5.74) is 6.75. The Labute approximate surface area is 119 Å². The molecule has 6 nitrogen and oxygen atoms in total. The van der Waals surface area contributed by atoms with E-state index in [-0.39, 0.29) is 0 Å². The molecule has 6 heteroatoms. The summed E-state index contributed by atoms with van der Waals surface area (Å²) in [7, 11) is 1.60. The first-order chi connectivity index (χ1) is 9.31. The molecule has 1 aromatic rings. The van der Waals surface area contributed by atoms with Gasteiger partial charge in [-0.1, -0.05) is 0 Å². The lowest BCUT2D eigenvalue weighted by Gasteiger charge is -2.19. The van der Waals surface area contributed by atoms with Crippen LogP contribution in [0.15, 0.2) is 18.2 Å². The van der Waals surface area contributed by atoms with E-state index in [9.17, 15) is 4.79 Å². The number of nitrogens with one attached hydrogen (secondary N) is 2. The maximum atomic E-state index is 11.4. The van der Waals surface area contributed by atoms with Crippen LogP contribution in [0.25, 0.3) is 0 Å². The zero-order chi connectivity index (χ0) is 15.2. The first-order valence-electron chi connectivity index (χ1n) is 6.46. The van der Waals surface area contributed by atoms with Gasteiger partial charge in [-0.15, -0.1) is 0 Å². The van der Waals surface area contributed by atoms with Crippen LogP contribution in [0.1, 0.15) is 20.8 Å². The molecule has 0 radical (unpaired) electrons. The Balaban J connectivity index is 2.36. The highest BCUT2D eigenvalue weighted by atomic mass is 16.6. The fourth-order valence-electron chi connectivity index (χ4n) is 1.49. The molecule has 0 spiro atoms. The molecule has 4 N–H and O–H groups in total. The van der Waals surface area contributed by atoms with Crippen LogP contribution in [0.4, 0.5) is 16.2 Å². The van der Waals surface area contributed by atoms with Crippen LogP contribution in [0, 0.1) is 0 Å². The highest BCUT2D eigenvalue weighted by molar-refractivity contribution is 5.69. The Morgan fingerprint density at radius 1 is 1.30 bits per heavy atom. The summed E-state index contributed by atoms with van der Waals surface area (Å²) >= 11 is 0. The van der Waals surface area contributed by atoms with Crippen molar-refractivity contribution in [1.82, 2.24) is 5.32 Å². The third-order valence-corrected chi connectivity index (χ3v) is 2.37. The molecule has 112 valence electrons. The molecule has 1 amide bonds. The Morgan fingerprint density at radius 2 is 2.00 bits per heavy atom. The predicted molar refractivity (Wildman–Crippen MR) is 80.1 cm³/mol. The van der Waals surface area contributed by atoms with E-state index >= 15 is 0 Å². The van der Waals surface area contributed by atoms with Gasteiger partial charge in [0.05, 0.1) is 18.5 Å². The van der Waals surface area contributed by atoms with Crippen LogP contribution in [0.2, 0.25) is 0 Å². The molecule has 0 atom stereocenters. The van der Waals surface area contributed by atoms with Crippen molar-refractivity contribution in [2.24, 2.45) is 0 Å². The molecule has 0 saturated carbocycles. The molecule has 0 unspecified atom stereocenters. The number of ether oxygens (including phenoxy) is 2. The smallest absolute Gasteiger partial charge is 0.407 e. The molecule has 0 aliphatic rings. The monoisotopic (exact) mass is 281 g/mol. The van der Waals surface area contributed by atoms with Crippen LogP contribution in [0.5, 0.6) is 5.75 Å². The maximum absolute atomic E-state index is 11.4. The van der Waals surface area contributed by atoms with Gasteiger partial charge in [0.25, 0.3) is 0 Å². The SMILES string of the molecule is COc1ccc(N)c(NCCNC(=O)OC(C)(C)C)c1. The molecule has 0 fully saturated rings. The zero-order valence-corrected chi connectivity index (χ0v) is 12.4. The van der Waals surface area contributed by atoms with Gasteiger partial charge >= 0.3 is 6.09 Å². The summed E-state index contributed by atoms with van der Waals surface area (Å²) in [6.07, 6.45) is -0.432. The van der Waals surface area contributed by atoms with Crippen molar-refractivity contribution in [3.8, 4) is 5.75 Å². The number of hydrogen-bond donors (Lipinski definition) is 3. The van der Waals surface area contributed by atoms with Gasteiger partial charge in [-0.05, 0) is 32.9 Å². The van der Waals surface area contributed by atoms with Gasteiger partial charge < -0.3 is 25.8 Å². The van der Waals surface area contributed by atoms with E-state index in [1.807, 2.05) is 26.8 Å². The molecular formula is C14H23N3O3. The number of benzene rings is 1. The highest BCUT2D eigenvalue weighted by Crippen LogP contribution is 2.23. The van der Waals surface area contributed by atoms with Crippen LogP contribution < -0.4 is 21.1 Å². The van der Waals surface area contributed by atoms with Gasteiger partial charge in [0.1, 0.15) is 11.4 Å². The molecule has 20 heavy (non-hydrogen) atoms. The summed E-state index contributed by atoms with van der Waals surface area (Å²) in [6, 6.07) is 5.37. The Bertz CT molecular complexity index is 455. The van der Waals surface area contributed by atoms with E-state index in [2.05, 4.69) is 10.6 Å². The van der Waals surface area contributed by atoms with E-state index < -0.39 is 11.7 Å². The normalized spacial score (nSPS) is 10.8. The summed E-state index contributed by atoms with van der Waals surface area (Å²) in [4.78, 5) is 11.4. The number of nitrogens with two attached hydrogens (primary N) is 1. The number of alkyl carbamates (subject to hydrolysis) is 1. The number of nitrogen functional groups attached to an aromatic ring is 1. The van der Waals surface area contributed by atoms with Crippen molar-refractivity contribution >= 4 is 17.5 Å². The number of rotatable bonds is 5. The number of hydrogen-bond acceptors (Lipinski definition) is 5. The molecule has 1 aromatic carbocycles. The number of carbonyl (C=O) groups excluding carboxylic acids is 1. The fraction of sp³-hybridized carbons (Fsp3) is 0.500. The third-order valence-electron chi connectivity index (χ3n) is 2.37. The summed E-state index contributed by atoms with van der Waals surface area (Å²) in [6.45, 7) is 6.44. The minimum absolute atomic E-state index is 0.432. The quantitative estimate of drug-likeness (QED) is 0.569. The zero-order valence-electron chi connectivity index (χ0n) is 12.4. The largest absolute Gasteiger partial charge is 0.497 e. The topological polar surface area (TPSA) is 85.6 Å². The van der Waals surface area contributed by atoms with Crippen LogP contribution in [-0.2, 0) is 4.74 Å². The van der Waals surface area contributed by atoms with Crippen LogP contribution in [0.3, 0.4) is 0 Å².